The van der Waals surface area contributed by atoms with Crippen LogP contribution in [0.25, 0.3) is 16.5 Å². The Hall–Kier alpha value is -3.69. The lowest BCUT2D eigenvalue weighted by molar-refractivity contribution is 0.102. The zero-order chi connectivity index (χ0) is 21.3. The molecule has 1 aromatic carbocycles. The van der Waals surface area contributed by atoms with Gasteiger partial charge in [-0.25, -0.2) is 15.8 Å². The lowest BCUT2D eigenvalue weighted by atomic mass is 10.1. The molecule has 2 aromatic heterocycles. The largest absolute Gasteiger partial charge is 0.397 e. The zero-order valence-corrected chi connectivity index (χ0v) is 16.6. The number of carbonyl (C=O) groups excluding carboxylic acids is 1. The number of hydrazine groups is 1. The first-order valence-corrected chi connectivity index (χ1v) is 9.52. The van der Waals surface area contributed by atoms with Crippen molar-refractivity contribution in [3.63, 3.8) is 0 Å². The highest BCUT2D eigenvalue weighted by Gasteiger charge is 2.24. The highest BCUT2D eigenvalue weighted by atomic mass is 16.1. The third-order valence-electron chi connectivity index (χ3n) is 4.88. The molecule has 0 bridgehead atoms. The van der Waals surface area contributed by atoms with Crippen LogP contribution >= 0.6 is 0 Å². The molecule has 0 saturated carbocycles. The summed E-state index contributed by atoms with van der Waals surface area (Å²) in [6.45, 7) is 1.48. The zero-order valence-electron chi connectivity index (χ0n) is 16.6. The molecular formula is C21H24N8O. The predicted octanol–water partition coefficient (Wildman–Crippen LogP) is 1.09. The van der Waals surface area contributed by atoms with E-state index in [2.05, 4.69) is 15.3 Å². The maximum atomic E-state index is 12.7. The number of pyridine rings is 2. The van der Waals surface area contributed by atoms with Gasteiger partial charge in [0.1, 0.15) is 11.6 Å². The van der Waals surface area contributed by atoms with Crippen LogP contribution in [0.1, 0.15) is 15.9 Å². The molecule has 1 fully saturated rings. The summed E-state index contributed by atoms with van der Waals surface area (Å²) in [5.41, 5.74) is 13.8. The average molecular weight is 404 g/mol. The molecular weight excluding hydrogens is 380 g/mol. The molecule has 1 saturated heterocycles. The Bertz CT molecular complexity index is 1120. The van der Waals surface area contributed by atoms with Gasteiger partial charge in [0.05, 0.1) is 5.70 Å². The van der Waals surface area contributed by atoms with Crippen molar-refractivity contribution in [1.29, 1.82) is 0 Å². The van der Waals surface area contributed by atoms with E-state index >= 15 is 0 Å². The second-order valence-electron chi connectivity index (χ2n) is 7.40. The molecule has 1 aliphatic heterocycles. The lowest BCUT2D eigenvalue weighted by Gasteiger charge is -2.37. The van der Waals surface area contributed by atoms with Gasteiger partial charge in [0.25, 0.3) is 5.91 Å². The van der Waals surface area contributed by atoms with E-state index in [9.17, 15) is 4.79 Å². The van der Waals surface area contributed by atoms with E-state index in [4.69, 9.17) is 17.3 Å². The molecule has 3 heterocycles. The molecule has 154 valence electrons. The van der Waals surface area contributed by atoms with Crippen molar-refractivity contribution in [2.24, 2.45) is 17.3 Å². The molecule has 9 nitrogen and oxygen atoms in total. The third-order valence-corrected chi connectivity index (χ3v) is 4.88. The van der Waals surface area contributed by atoms with E-state index < -0.39 is 0 Å². The summed E-state index contributed by atoms with van der Waals surface area (Å²) in [7, 11) is 1.70. The Kier molecular flexibility index (Phi) is 5.21. The highest BCUT2D eigenvalue weighted by molar-refractivity contribution is 6.05. The SMILES string of the molecule is CN(N)/C=C(\N)c1ccc2cnc(NC(=O)c3ccnc(N4CC(N)C4)c3)cc2c1. The van der Waals surface area contributed by atoms with Crippen LogP contribution in [-0.4, -0.2) is 47.1 Å². The summed E-state index contributed by atoms with van der Waals surface area (Å²) in [6.07, 6.45) is 4.97. The van der Waals surface area contributed by atoms with E-state index in [1.807, 2.05) is 29.2 Å². The Balaban J connectivity index is 1.54. The van der Waals surface area contributed by atoms with Crippen molar-refractivity contribution in [1.82, 2.24) is 15.0 Å². The van der Waals surface area contributed by atoms with Gasteiger partial charge in [0.2, 0.25) is 0 Å². The molecule has 3 aromatic rings. The summed E-state index contributed by atoms with van der Waals surface area (Å²) in [5.74, 6) is 6.57. The summed E-state index contributed by atoms with van der Waals surface area (Å²) >= 11 is 0. The van der Waals surface area contributed by atoms with Gasteiger partial charge < -0.3 is 26.7 Å². The first-order valence-electron chi connectivity index (χ1n) is 9.52. The summed E-state index contributed by atoms with van der Waals surface area (Å²) < 4.78 is 0. The van der Waals surface area contributed by atoms with E-state index in [1.54, 1.807) is 37.8 Å². The minimum absolute atomic E-state index is 0.158. The van der Waals surface area contributed by atoms with Gasteiger partial charge >= 0.3 is 0 Å². The number of rotatable bonds is 5. The summed E-state index contributed by atoms with van der Waals surface area (Å²) in [4.78, 5) is 23.4. The van der Waals surface area contributed by atoms with Gasteiger partial charge in [0.15, 0.2) is 0 Å². The Morgan fingerprint density at radius 2 is 1.97 bits per heavy atom. The van der Waals surface area contributed by atoms with E-state index in [0.717, 1.165) is 35.2 Å². The van der Waals surface area contributed by atoms with Gasteiger partial charge in [-0.2, -0.15) is 0 Å². The maximum absolute atomic E-state index is 12.7. The molecule has 7 N–H and O–H groups in total. The molecule has 9 heteroatoms. The fourth-order valence-electron chi connectivity index (χ4n) is 3.30. The van der Waals surface area contributed by atoms with Crippen LogP contribution in [0.3, 0.4) is 0 Å². The minimum atomic E-state index is -0.254. The van der Waals surface area contributed by atoms with Crippen molar-refractivity contribution >= 4 is 34.0 Å². The van der Waals surface area contributed by atoms with Crippen molar-refractivity contribution in [2.45, 2.75) is 6.04 Å². The van der Waals surface area contributed by atoms with Gasteiger partial charge in [-0.3, -0.25) is 4.79 Å². The van der Waals surface area contributed by atoms with Gasteiger partial charge in [-0.15, -0.1) is 0 Å². The number of hydrogen-bond acceptors (Lipinski definition) is 8. The van der Waals surface area contributed by atoms with Crippen LogP contribution in [0, 0.1) is 0 Å². The topological polar surface area (TPSA) is 139 Å². The number of anilines is 2. The number of fused-ring (bicyclic) bond motifs is 1. The number of benzene rings is 1. The number of hydrogen-bond donors (Lipinski definition) is 4. The average Bonchev–Trinajstić information content (AvgIpc) is 2.70. The normalized spacial score (nSPS) is 14.5. The molecule has 0 spiro atoms. The van der Waals surface area contributed by atoms with Crippen LogP contribution < -0.4 is 27.5 Å². The first kappa shape index (κ1) is 19.6. The van der Waals surface area contributed by atoms with Crippen LogP contribution in [0.15, 0.2) is 55.0 Å². The summed E-state index contributed by atoms with van der Waals surface area (Å²) in [6, 6.07) is 11.2. The van der Waals surface area contributed by atoms with Crippen LogP contribution in [0.2, 0.25) is 0 Å². The van der Waals surface area contributed by atoms with Crippen molar-refractivity contribution in [3.8, 4) is 0 Å². The fraction of sp³-hybridized carbons (Fsp3) is 0.190. The smallest absolute Gasteiger partial charge is 0.257 e. The van der Waals surface area contributed by atoms with Crippen LogP contribution in [0.4, 0.5) is 11.6 Å². The third kappa shape index (κ3) is 4.17. The molecule has 0 radical (unpaired) electrons. The lowest BCUT2D eigenvalue weighted by Crippen LogP contribution is -2.56. The Labute approximate surface area is 174 Å². The number of amides is 1. The number of nitrogens with zero attached hydrogens (tertiary/aromatic N) is 4. The van der Waals surface area contributed by atoms with Gasteiger partial charge in [-0.05, 0) is 35.2 Å². The standard InChI is InChI=1S/C21H24N8O/c1-28(24)12-18(23)13-2-3-15-9-26-19(7-16(15)6-13)27-21(30)14-4-5-25-20(8-14)29-10-17(22)11-29/h2-9,12,17H,10-11,22-24H2,1H3,(H,26,27,30)/b18-12-. The van der Waals surface area contributed by atoms with E-state index in [-0.39, 0.29) is 11.9 Å². The van der Waals surface area contributed by atoms with Gasteiger partial charge in [-0.1, -0.05) is 12.1 Å². The Morgan fingerprint density at radius 1 is 1.17 bits per heavy atom. The maximum Gasteiger partial charge on any atom is 0.257 e. The molecule has 0 atom stereocenters. The van der Waals surface area contributed by atoms with Crippen LogP contribution in [-0.2, 0) is 0 Å². The van der Waals surface area contributed by atoms with Crippen molar-refractivity contribution < 1.29 is 4.79 Å². The predicted molar refractivity (Wildman–Crippen MR) is 118 cm³/mol. The van der Waals surface area contributed by atoms with Crippen LogP contribution in [0.5, 0.6) is 0 Å². The minimum Gasteiger partial charge on any atom is -0.397 e. The van der Waals surface area contributed by atoms with Gasteiger partial charge in [0, 0.05) is 55.7 Å². The first-order chi connectivity index (χ1) is 14.4. The quantitative estimate of drug-likeness (QED) is 0.366. The molecule has 4 rings (SSSR count). The highest BCUT2D eigenvalue weighted by Crippen LogP contribution is 2.22. The number of nitrogens with one attached hydrogen (secondary N) is 1. The second-order valence-corrected chi connectivity index (χ2v) is 7.40. The number of carbonyl (C=O) groups is 1. The van der Waals surface area contributed by atoms with Crippen molar-refractivity contribution in [3.05, 3.63) is 66.1 Å². The van der Waals surface area contributed by atoms with E-state index in [0.29, 0.717) is 17.1 Å². The monoisotopic (exact) mass is 404 g/mol. The molecule has 1 aliphatic rings. The summed E-state index contributed by atoms with van der Waals surface area (Å²) in [5, 5.41) is 6.08. The fourth-order valence-corrected chi connectivity index (χ4v) is 3.30. The number of aromatic nitrogens is 2. The Morgan fingerprint density at radius 3 is 2.70 bits per heavy atom. The van der Waals surface area contributed by atoms with Crippen molar-refractivity contribution in [2.75, 3.05) is 30.4 Å². The molecule has 30 heavy (non-hydrogen) atoms. The molecule has 0 aliphatic carbocycles. The molecule has 1 amide bonds. The number of nitrogens with two attached hydrogens (primary N) is 3. The second kappa shape index (κ2) is 7.97. The molecule has 0 unspecified atom stereocenters. The van der Waals surface area contributed by atoms with E-state index in [1.165, 1.54) is 5.01 Å².